The highest BCUT2D eigenvalue weighted by Gasteiger charge is 2.18. The molecule has 2 rings (SSSR count). The molecule has 3 heteroatoms. The van der Waals surface area contributed by atoms with E-state index in [0.29, 0.717) is 5.56 Å². The molecule has 1 N–H and O–H groups in total. The van der Waals surface area contributed by atoms with Crippen LogP contribution in [0.3, 0.4) is 0 Å². The number of benzene rings is 1. The molecule has 18 heavy (non-hydrogen) atoms. The standard InChI is InChI=1S/C15H19F2N/c1-2-18-15(11-6-4-3-5-7-11)12-8-13(16)10-14(17)9-12/h6,8-10,15,18H,2-5,7H2,1H3. The molecule has 1 unspecified atom stereocenters. The zero-order valence-electron chi connectivity index (χ0n) is 10.7. The van der Waals surface area contributed by atoms with Gasteiger partial charge < -0.3 is 5.32 Å². The molecule has 0 fully saturated rings. The van der Waals surface area contributed by atoms with Gasteiger partial charge in [-0.05, 0) is 49.9 Å². The topological polar surface area (TPSA) is 12.0 Å². The van der Waals surface area contributed by atoms with Crippen LogP contribution >= 0.6 is 0 Å². The highest BCUT2D eigenvalue weighted by molar-refractivity contribution is 5.30. The highest BCUT2D eigenvalue weighted by Crippen LogP contribution is 2.30. The second-order valence-corrected chi connectivity index (χ2v) is 4.72. The summed E-state index contributed by atoms with van der Waals surface area (Å²) in [5, 5.41) is 3.32. The Kier molecular flexibility index (Phi) is 4.48. The van der Waals surface area contributed by atoms with Crippen molar-refractivity contribution in [2.45, 2.75) is 38.6 Å². The summed E-state index contributed by atoms with van der Waals surface area (Å²) in [6.45, 7) is 2.78. The van der Waals surface area contributed by atoms with Gasteiger partial charge in [-0.1, -0.05) is 18.6 Å². The van der Waals surface area contributed by atoms with Crippen LogP contribution in [-0.2, 0) is 0 Å². The summed E-state index contributed by atoms with van der Waals surface area (Å²) in [5.41, 5.74) is 1.94. The molecule has 1 aromatic carbocycles. The van der Waals surface area contributed by atoms with Gasteiger partial charge in [-0.3, -0.25) is 0 Å². The normalized spacial score (nSPS) is 17.4. The van der Waals surface area contributed by atoms with Crippen molar-refractivity contribution in [3.63, 3.8) is 0 Å². The SMILES string of the molecule is CCNC(C1=CCCCC1)c1cc(F)cc(F)c1. The number of allylic oxidation sites excluding steroid dienone is 1. The van der Waals surface area contributed by atoms with Crippen LogP contribution < -0.4 is 5.32 Å². The molecule has 1 nitrogen and oxygen atoms in total. The molecule has 1 aliphatic rings. The van der Waals surface area contributed by atoms with Crippen LogP contribution in [0.1, 0.15) is 44.2 Å². The molecule has 0 heterocycles. The molecule has 0 amide bonds. The van der Waals surface area contributed by atoms with E-state index in [0.717, 1.165) is 31.9 Å². The maximum absolute atomic E-state index is 13.3. The Morgan fingerprint density at radius 2 is 1.89 bits per heavy atom. The third-order valence-corrected chi connectivity index (χ3v) is 3.32. The fourth-order valence-electron chi connectivity index (χ4n) is 2.53. The van der Waals surface area contributed by atoms with Crippen LogP contribution in [0.15, 0.2) is 29.8 Å². The molecule has 1 aliphatic carbocycles. The van der Waals surface area contributed by atoms with E-state index in [4.69, 9.17) is 0 Å². The van der Waals surface area contributed by atoms with Gasteiger partial charge in [0.15, 0.2) is 0 Å². The summed E-state index contributed by atoms with van der Waals surface area (Å²) < 4.78 is 26.6. The molecule has 0 saturated carbocycles. The average molecular weight is 251 g/mol. The first-order valence-corrected chi connectivity index (χ1v) is 6.59. The number of hydrogen-bond donors (Lipinski definition) is 1. The predicted molar refractivity (Wildman–Crippen MR) is 69.3 cm³/mol. The fourth-order valence-corrected chi connectivity index (χ4v) is 2.53. The van der Waals surface area contributed by atoms with Crippen LogP contribution in [0.25, 0.3) is 0 Å². The van der Waals surface area contributed by atoms with Gasteiger partial charge in [0.25, 0.3) is 0 Å². The minimum absolute atomic E-state index is 0.0551. The summed E-state index contributed by atoms with van der Waals surface area (Å²) in [7, 11) is 0. The van der Waals surface area contributed by atoms with E-state index in [9.17, 15) is 8.78 Å². The Morgan fingerprint density at radius 3 is 2.44 bits per heavy atom. The van der Waals surface area contributed by atoms with Gasteiger partial charge >= 0.3 is 0 Å². The molecule has 98 valence electrons. The van der Waals surface area contributed by atoms with E-state index < -0.39 is 11.6 Å². The predicted octanol–water partition coefficient (Wildman–Crippen LogP) is 4.12. The lowest BCUT2D eigenvalue weighted by Gasteiger charge is -2.24. The van der Waals surface area contributed by atoms with Crippen LogP contribution in [-0.4, -0.2) is 6.54 Å². The molecular weight excluding hydrogens is 232 g/mol. The van der Waals surface area contributed by atoms with Crippen molar-refractivity contribution in [3.8, 4) is 0 Å². The monoisotopic (exact) mass is 251 g/mol. The molecule has 0 radical (unpaired) electrons. The summed E-state index contributed by atoms with van der Waals surface area (Å²) in [4.78, 5) is 0. The molecule has 0 aliphatic heterocycles. The Hall–Kier alpha value is -1.22. The highest BCUT2D eigenvalue weighted by atomic mass is 19.1. The van der Waals surface area contributed by atoms with Crippen molar-refractivity contribution in [3.05, 3.63) is 47.0 Å². The molecule has 0 aromatic heterocycles. The van der Waals surface area contributed by atoms with Crippen molar-refractivity contribution < 1.29 is 8.78 Å². The van der Waals surface area contributed by atoms with Crippen molar-refractivity contribution in [1.29, 1.82) is 0 Å². The van der Waals surface area contributed by atoms with Crippen molar-refractivity contribution >= 4 is 0 Å². The van der Waals surface area contributed by atoms with Gasteiger partial charge in [0, 0.05) is 6.07 Å². The third-order valence-electron chi connectivity index (χ3n) is 3.32. The Labute approximate surface area is 107 Å². The van der Waals surface area contributed by atoms with Crippen LogP contribution in [0.4, 0.5) is 8.78 Å². The van der Waals surface area contributed by atoms with E-state index in [2.05, 4.69) is 11.4 Å². The van der Waals surface area contributed by atoms with Gasteiger partial charge in [-0.2, -0.15) is 0 Å². The Balaban J connectivity index is 2.31. The van der Waals surface area contributed by atoms with Gasteiger partial charge in [0.05, 0.1) is 6.04 Å². The summed E-state index contributed by atoms with van der Waals surface area (Å²) in [6, 6.07) is 3.71. The second-order valence-electron chi connectivity index (χ2n) is 4.72. The zero-order chi connectivity index (χ0) is 13.0. The first-order valence-electron chi connectivity index (χ1n) is 6.59. The average Bonchev–Trinajstić information content (AvgIpc) is 2.36. The third kappa shape index (κ3) is 3.16. The number of rotatable bonds is 4. The van der Waals surface area contributed by atoms with Crippen molar-refractivity contribution in [2.75, 3.05) is 6.54 Å². The quantitative estimate of drug-likeness (QED) is 0.794. The lowest BCUT2D eigenvalue weighted by molar-refractivity contribution is 0.543. The molecule has 0 saturated heterocycles. The fraction of sp³-hybridized carbons (Fsp3) is 0.467. The number of likely N-dealkylation sites (N-methyl/N-ethyl adjacent to an activating group) is 1. The van der Waals surface area contributed by atoms with Gasteiger partial charge in [-0.15, -0.1) is 0 Å². The Morgan fingerprint density at radius 1 is 1.17 bits per heavy atom. The number of nitrogens with one attached hydrogen (secondary N) is 1. The smallest absolute Gasteiger partial charge is 0.126 e. The minimum Gasteiger partial charge on any atom is -0.307 e. The maximum atomic E-state index is 13.3. The van der Waals surface area contributed by atoms with Crippen LogP contribution in [0, 0.1) is 11.6 Å². The van der Waals surface area contributed by atoms with E-state index in [1.165, 1.54) is 24.1 Å². The molecule has 1 atom stereocenters. The van der Waals surface area contributed by atoms with Gasteiger partial charge in [-0.25, -0.2) is 8.78 Å². The van der Waals surface area contributed by atoms with Gasteiger partial charge in [0.1, 0.15) is 11.6 Å². The lowest BCUT2D eigenvalue weighted by atomic mass is 9.89. The zero-order valence-corrected chi connectivity index (χ0v) is 10.7. The summed E-state index contributed by atoms with van der Waals surface area (Å²) >= 11 is 0. The summed E-state index contributed by atoms with van der Waals surface area (Å²) in [6.07, 6.45) is 6.65. The van der Waals surface area contributed by atoms with E-state index in [-0.39, 0.29) is 6.04 Å². The van der Waals surface area contributed by atoms with Crippen LogP contribution in [0.2, 0.25) is 0 Å². The van der Waals surface area contributed by atoms with Crippen molar-refractivity contribution in [1.82, 2.24) is 5.32 Å². The summed E-state index contributed by atoms with van der Waals surface area (Å²) in [5.74, 6) is -1.02. The molecule has 0 bridgehead atoms. The van der Waals surface area contributed by atoms with Gasteiger partial charge in [0.2, 0.25) is 0 Å². The van der Waals surface area contributed by atoms with Crippen molar-refractivity contribution in [2.24, 2.45) is 0 Å². The molecular formula is C15H19F2N. The Bertz CT molecular complexity index is 420. The number of hydrogen-bond acceptors (Lipinski definition) is 1. The van der Waals surface area contributed by atoms with E-state index in [1.807, 2.05) is 6.92 Å². The first-order chi connectivity index (χ1) is 8.70. The van der Waals surface area contributed by atoms with Crippen LogP contribution in [0.5, 0.6) is 0 Å². The first kappa shape index (κ1) is 13.2. The molecule has 1 aromatic rings. The number of halogens is 2. The molecule has 0 spiro atoms. The minimum atomic E-state index is -0.510. The largest absolute Gasteiger partial charge is 0.307 e. The second kappa shape index (κ2) is 6.10. The maximum Gasteiger partial charge on any atom is 0.126 e. The lowest BCUT2D eigenvalue weighted by Crippen LogP contribution is -2.24. The van der Waals surface area contributed by atoms with E-state index in [1.54, 1.807) is 0 Å². The van der Waals surface area contributed by atoms with E-state index >= 15 is 0 Å².